The summed E-state index contributed by atoms with van der Waals surface area (Å²) in [5.74, 6) is 0.815. The number of halogens is 2. The minimum atomic E-state index is -3.47. The van der Waals surface area contributed by atoms with Gasteiger partial charge in [0.25, 0.3) is 0 Å². The Morgan fingerprint density at radius 3 is 1.06 bits per heavy atom. The van der Waals surface area contributed by atoms with Gasteiger partial charge in [0.05, 0.1) is 143 Å². The highest BCUT2D eigenvalue weighted by Gasteiger charge is 2.22. The van der Waals surface area contributed by atoms with Gasteiger partial charge in [-0.05, 0) is 91.8 Å². The van der Waals surface area contributed by atoms with Crippen molar-refractivity contribution < 1.29 is 71.8 Å². The van der Waals surface area contributed by atoms with Crippen LogP contribution in [0.25, 0.3) is 66.6 Å². The normalized spacial score (nSPS) is 12.6. The molecule has 12 aromatic rings. The van der Waals surface area contributed by atoms with E-state index in [1.165, 1.54) is 21.4 Å². The zero-order chi connectivity index (χ0) is 81.0. The molecule has 4 amide bonds. The number of amides is 4. The van der Waals surface area contributed by atoms with Gasteiger partial charge in [0, 0.05) is 117 Å². The molecule has 12 heterocycles. The first-order valence-electron chi connectivity index (χ1n) is 32.7. The molecule has 0 radical (unpaired) electrons. The van der Waals surface area contributed by atoms with Gasteiger partial charge in [0.15, 0.2) is 0 Å². The molecule has 4 atom stereocenters. The molecule has 0 aliphatic heterocycles. The van der Waals surface area contributed by atoms with E-state index in [9.17, 15) is 52.8 Å². The molecule has 110 heavy (non-hydrogen) atoms. The number of hydrogen-bond acceptors (Lipinski definition) is 26. The molecule has 0 fully saturated rings. The molecule has 40 nitrogen and oxygen atoms in total. The summed E-state index contributed by atoms with van der Waals surface area (Å²) >= 11 is 0. The summed E-state index contributed by atoms with van der Waals surface area (Å²) in [5.41, 5.74) is 23.7. The largest absolute Gasteiger partial charge is 0.397 e. The van der Waals surface area contributed by atoms with Crippen molar-refractivity contribution in [2.24, 2.45) is 0 Å². The van der Waals surface area contributed by atoms with Crippen LogP contribution in [0.15, 0.2) is 123 Å². The quantitative estimate of drug-likeness (QED) is 0.0173. The summed E-state index contributed by atoms with van der Waals surface area (Å²) < 4.78 is 124. The maximum atomic E-state index is 11.6. The monoisotopic (exact) mass is 1640 g/mol. The minimum Gasteiger partial charge on any atom is -0.397 e. The van der Waals surface area contributed by atoms with Crippen LogP contribution in [0, 0.1) is 0 Å². The molecule has 0 saturated carbocycles. The van der Waals surface area contributed by atoms with Crippen LogP contribution in [-0.4, -0.2) is 188 Å². The smallest absolute Gasteiger partial charge is 0.230 e. The zero-order valence-electron chi connectivity index (χ0n) is 61.2. The van der Waals surface area contributed by atoms with Crippen molar-refractivity contribution in [1.82, 2.24) is 77.6 Å². The number of nitrogens with two attached hydrogens (primary N) is 2. The van der Waals surface area contributed by atoms with Gasteiger partial charge in [0.2, 0.25) is 63.8 Å². The predicted molar refractivity (Wildman–Crippen MR) is 417 cm³/mol. The van der Waals surface area contributed by atoms with E-state index in [1.54, 1.807) is 114 Å². The zero-order valence-corrected chi connectivity index (χ0v) is 66.0. The third-order valence-electron chi connectivity index (χ3n) is 14.8. The molecule has 0 aromatic carbocycles. The highest BCUT2D eigenvalue weighted by Crippen LogP contribution is 2.38. The molecular weight excluding hydrogens is 1560 g/mol. The van der Waals surface area contributed by atoms with Crippen LogP contribution >= 0.6 is 21.4 Å². The van der Waals surface area contributed by atoms with E-state index in [0.29, 0.717) is 120 Å². The maximum absolute atomic E-state index is 11.6. The third kappa shape index (κ3) is 23.9. The fraction of sp³-hybridized carbons (Fsp3) is 0.312. The van der Waals surface area contributed by atoms with E-state index < -0.39 is 38.1 Å². The molecule has 10 N–H and O–H groups in total. The molecule has 0 aliphatic rings. The second kappa shape index (κ2) is 38.3. The van der Waals surface area contributed by atoms with Crippen molar-refractivity contribution in [1.29, 1.82) is 0 Å². The lowest BCUT2D eigenvalue weighted by Gasteiger charge is -2.12. The minimum absolute atomic E-state index is 0.175. The number of nitrogens with zero attached hydrogens (tertiary/aromatic N) is 16. The molecular formula is C64H82Cl2N24O16S4. The fourth-order valence-corrected chi connectivity index (χ4v) is 11.7. The van der Waals surface area contributed by atoms with Gasteiger partial charge in [0.1, 0.15) is 36.5 Å². The second-order valence-corrected chi connectivity index (χ2v) is 32.8. The van der Waals surface area contributed by atoms with Gasteiger partial charge >= 0.3 is 0 Å². The van der Waals surface area contributed by atoms with Crippen LogP contribution < -0.4 is 42.2 Å². The first kappa shape index (κ1) is 86.1. The van der Waals surface area contributed by atoms with E-state index in [0.717, 1.165) is 69.4 Å². The van der Waals surface area contributed by atoms with E-state index in [1.807, 2.05) is 79.9 Å². The highest BCUT2D eigenvalue weighted by atomic mass is 35.7. The highest BCUT2D eigenvalue weighted by molar-refractivity contribution is 8.13. The van der Waals surface area contributed by atoms with Gasteiger partial charge in [-0.3, -0.25) is 28.6 Å². The van der Waals surface area contributed by atoms with Crippen molar-refractivity contribution in [2.45, 2.75) is 80.3 Å². The fourth-order valence-electron chi connectivity index (χ4n) is 10.7. The molecule has 592 valence electrons. The van der Waals surface area contributed by atoms with Crippen molar-refractivity contribution in [3.8, 4) is 44.5 Å². The Balaban J connectivity index is 0.000000196. The lowest BCUT2D eigenvalue weighted by atomic mass is 10.1. The van der Waals surface area contributed by atoms with Crippen molar-refractivity contribution in [3.63, 3.8) is 0 Å². The second-order valence-electron chi connectivity index (χ2n) is 23.2. The van der Waals surface area contributed by atoms with Crippen LogP contribution in [0.4, 0.5) is 45.8 Å². The van der Waals surface area contributed by atoms with Crippen LogP contribution in [0.5, 0.6) is 0 Å². The topological polar surface area (TPSA) is 506 Å². The summed E-state index contributed by atoms with van der Waals surface area (Å²) in [5, 5.41) is 44.8. The number of ether oxygens (including phenoxy) is 4. The predicted octanol–water partition coefficient (Wildman–Crippen LogP) is 7.56. The Labute approximate surface area is 640 Å². The maximum Gasteiger partial charge on any atom is 0.230 e. The number of hydrogen-bond donors (Lipinski definition) is 8. The Hall–Kier alpha value is -11.1. The first-order chi connectivity index (χ1) is 51.9. The standard InChI is InChI=1S/2C16H20N6O4S.2C15H18N6O2.2CH3ClO2S/c1-4-26-11(2)21-8-12(6-18-21)16-14(17-10-23)7-19-22-9-13(5-15(16)22)20-27(3,24)25;1-4-26-11(2)21-9-12(7-18-21)16-13(17-10-23)8-19-22-14(16)5-6-15(22)20-27(3,24)25;1-3-23-10(2)20-7-11(5-18-20)15-13(17-9-22)6-19-21-8-12(16)4-14(15)21;1-3-23-10(2)20-8-11(6-18-20)15-12(17-9-22)7-19-21-13(15)4-5-14(21)16;2*1-5(2,3)4/h2*5-11,20H,4H2,1-3H3,(H,17,23);2*4-10H,3,16H2,1-2H3,(H,17,22);2*1H3. The van der Waals surface area contributed by atoms with Crippen LogP contribution in [-0.2, 0) is 76.3 Å². The summed E-state index contributed by atoms with van der Waals surface area (Å²) in [6.07, 6.45) is 28.9. The van der Waals surface area contributed by atoms with Crippen molar-refractivity contribution >= 4 is 153 Å². The van der Waals surface area contributed by atoms with Gasteiger partial charge in [-0.25, -0.2) is 70.5 Å². The summed E-state index contributed by atoms with van der Waals surface area (Å²) in [6.45, 7) is 17.5. The number of aromatic nitrogens is 16. The Bertz CT molecular complexity index is 5450. The van der Waals surface area contributed by atoms with Crippen molar-refractivity contribution in [2.75, 3.05) is 93.6 Å². The number of anilines is 8. The molecule has 0 bridgehead atoms. The van der Waals surface area contributed by atoms with Gasteiger partial charge in [-0.15, -0.1) is 0 Å². The lowest BCUT2D eigenvalue weighted by Crippen LogP contribution is -2.12. The van der Waals surface area contributed by atoms with Crippen LogP contribution in [0.1, 0.15) is 80.3 Å². The number of sulfonamides is 2. The van der Waals surface area contributed by atoms with E-state index >= 15 is 0 Å². The molecule has 46 heteroatoms. The number of carbonyl (C=O) groups excluding carboxylic acids is 4. The SMILES string of the molecule is CCOC(C)n1cc(-c2c(NC=O)cnn3c(N)ccc23)cn1.CCOC(C)n1cc(-c2c(NC=O)cnn3c(NS(C)(=O)=O)ccc23)cn1.CCOC(C)n1cc(-c2c(NC=O)cnn3cc(N)cc23)cn1.CCOC(C)n1cc(-c2c(NC=O)cnn3cc(NS(C)(=O)=O)cc23)cn1.CS(=O)(=O)Cl.CS(=O)(=O)Cl. The van der Waals surface area contributed by atoms with Gasteiger partial charge in [-0.2, -0.15) is 40.8 Å². The summed E-state index contributed by atoms with van der Waals surface area (Å²) in [7, 11) is -4.28. The van der Waals surface area contributed by atoms with Crippen LogP contribution in [0.3, 0.4) is 0 Å². The average molecular weight is 1640 g/mol. The Morgan fingerprint density at radius 2 is 0.718 bits per heavy atom. The first-order valence-corrected chi connectivity index (χ1v) is 41.9. The average Bonchev–Trinajstić information content (AvgIpc) is 1.63. The number of fused-ring (bicyclic) bond motifs is 4. The third-order valence-corrected chi connectivity index (χ3v) is 16.0. The molecule has 0 aliphatic carbocycles. The molecule has 0 saturated heterocycles. The number of nitrogens with one attached hydrogen (secondary N) is 6. The lowest BCUT2D eigenvalue weighted by molar-refractivity contribution is -0.106. The van der Waals surface area contributed by atoms with E-state index in [4.69, 9.17) is 30.4 Å². The number of rotatable bonds is 28. The molecule has 0 spiro atoms. The van der Waals surface area contributed by atoms with E-state index in [2.05, 4.69) is 92.9 Å². The molecule has 4 unspecified atom stereocenters. The Kier molecular flexibility index (Phi) is 30.0. The Morgan fingerprint density at radius 1 is 0.409 bits per heavy atom. The number of carbonyl (C=O) groups is 4. The van der Waals surface area contributed by atoms with Crippen molar-refractivity contribution in [3.05, 3.63) is 123 Å². The molecule has 12 rings (SSSR count). The molecule has 12 aromatic heterocycles. The van der Waals surface area contributed by atoms with Gasteiger partial charge < -0.3 is 51.7 Å². The summed E-state index contributed by atoms with van der Waals surface area (Å²) in [4.78, 5) is 43.8. The van der Waals surface area contributed by atoms with Gasteiger partial charge in [-0.1, -0.05) is 0 Å². The van der Waals surface area contributed by atoms with E-state index in [-0.39, 0.29) is 24.9 Å². The van der Waals surface area contributed by atoms with Crippen LogP contribution in [0.2, 0.25) is 0 Å². The summed E-state index contributed by atoms with van der Waals surface area (Å²) in [6, 6.07) is 10.4. The number of nitrogen functional groups attached to an aromatic ring is 2.